The maximum Gasteiger partial charge on any atom is 0.321 e. The molecule has 0 aromatic heterocycles. The van der Waals surface area contributed by atoms with Crippen LogP contribution >= 0.6 is 0 Å². The molecule has 2 N–H and O–H groups in total. The lowest BCUT2D eigenvalue weighted by Crippen LogP contribution is -2.52. The molecule has 5 nitrogen and oxygen atoms in total. The summed E-state index contributed by atoms with van der Waals surface area (Å²) in [5, 5.41) is 5.38. The molecule has 2 atom stereocenters. The molecule has 1 saturated carbocycles. The van der Waals surface area contributed by atoms with Crippen LogP contribution in [0.5, 0.6) is 0 Å². The maximum absolute atomic E-state index is 12.1. The van der Waals surface area contributed by atoms with E-state index in [9.17, 15) is 9.59 Å². The highest BCUT2D eigenvalue weighted by Crippen LogP contribution is 2.18. The summed E-state index contributed by atoms with van der Waals surface area (Å²) in [6.07, 6.45) is 6.75. The van der Waals surface area contributed by atoms with Gasteiger partial charge in [-0.1, -0.05) is 19.8 Å². The quantitative estimate of drug-likeness (QED) is 0.830. The van der Waals surface area contributed by atoms with Crippen LogP contribution in [-0.4, -0.2) is 42.0 Å². The Morgan fingerprint density at radius 2 is 1.85 bits per heavy atom. The Hall–Kier alpha value is -1.10. The summed E-state index contributed by atoms with van der Waals surface area (Å²) in [5.74, 6) is 0.445. The van der Waals surface area contributed by atoms with E-state index < -0.39 is 0 Å². The molecule has 1 aliphatic carbocycles. The molecule has 114 valence electrons. The molecule has 1 heterocycles. The first-order valence-electron chi connectivity index (χ1n) is 7.91. The summed E-state index contributed by atoms with van der Waals surface area (Å²) in [6.45, 7) is 5.99. The number of rotatable bonds is 3. The Morgan fingerprint density at radius 1 is 1.15 bits per heavy atom. The van der Waals surface area contributed by atoms with E-state index in [0.29, 0.717) is 5.92 Å². The number of imide groups is 1. The molecule has 20 heavy (non-hydrogen) atoms. The monoisotopic (exact) mass is 281 g/mol. The molecule has 3 amide bonds. The minimum atomic E-state index is -0.334. The molecule has 2 unspecified atom stereocenters. The summed E-state index contributed by atoms with van der Waals surface area (Å²) >= 11 is 0. The first kappa shape index (κ1) is 15.3. The highest BCUT2D eigenvalue weighted by molar-refractivity contribution is 5.96. The number of amides is 3. The Morgan fingerprint density at radius 3 is 2.50 bits per heavy atom. The second-order valence-corrected chi connectivity index (χ2v) is 6.36. The number of urea groups is 1. The summed E-state index contributed by atoms with van der Waals surface area (Å²) < 4.78 is 0. The maximum atomic E-state index is 12.1. The van der Waals surface area contributed by atoms with Gasteiger partial charge in [-0.2, -0.15) is 0 Å². The standard InChI is InChI=1S/C15H27N3O2/c1-11-6-5-9-18(10-11)12(2)14(19)17-15(20)16-13-7-3-4-8-13/h11-13H,3-10H2,1-2H3,(H2,16,17,19,20). The SMILES string of the molecule is CC1CCCN(C(C)C(=O)NC(=O)NC2CCCC2)C1. The second kappa shape index (κ2) is 7.07. The van der Waals surface area contributed by atoms with Crippen molar-refractivity contribution in [2.24, 2.45) is 5.92 Å². The van der Waals surface area contributed by atoms with Crippen LogP contribution in [0.3, 0.4) is 0 Å². The van der Waals surface area contributed by atoms with Gasteiger partial charge in [0.25, 0.3) is 0 Å². The lowest BCUT2D eigenvalue weighted by Gasteiger charge is -2.34. The fourth-order valence-corrected chi connectivity index (χ4v) is 3.25. The fraction of sp³-hybridized carbons (Fsp3) is 0.867. The third-order valence-electron chi connectivity index (χ3n) is 4.54. The van der Waals surface area contributed by atoms with E-state index in [1.165, 1.54) is 19.3 Å². The van der Waals surface area contributed by atoms with Gasteiger partial charge < -0.3 is 5.32 Å². The van der Waals surface area contributed by atoms with Crippen LogP contribution in [0.4, 0.5) is 4.79 Å². The molecule has 0 radical (unpaired) electrons. The van der Waals surface area contributed by atoms with E-state index in [-0.39, 0.29) is 24.0 Å². The molecule has 0 aromatic carbocycles. The van der Waals surface area contributed by atoms with Crippen molar-refractivity contribution in [3.8, 4) is 0 Å². The van der Waals surface area contributed by atoms with Crippen LogP contribution in [-0.2, 0) is 4.79 Å². The lowest BCUT2D eigenvalue weighted by molar-refractivity contribution is -0.125. The minimum absolute atomic E-state index is 0.186. The highest BCUT2D eigenvalue weighted by Gasteiger charge is 2.27. The summed E-state index contributed by atoms with van der Waals surface area (Å²) in [5.41, 5.74) is 0. The highest BCUT2D eigenvalue weighted by atomic mass is 16.2. The molecular weight excluding hydrogens is 254 g/mol. The van der Waals surface area contributed by atoms with Gasteiger partial charge in [-0.15, -0.1) is 0 Å². The minimum Gasteiger partial charge on any atom is -0.335 e. The zero-order valence-electron chi connectivity index (χ0n) is 12.7. The number of nitrogens with zero attached hydrogens (tertiary/aromatic N) is 1. The Balaban J connectivity index is 1.76. The number of carbonyl (C=O) groups excluding carboxylic acids is 2. The first-order valence-corrected chi connectivity index (χ1v) is 7.91. The van der Waals surface area contributed by atoms with E-state index in [0.717, 1.165) is 32.4 Å². The summed E-state index contributed by atoms with van der Waals surface area (Å²) in [6, 6.07) is -0.320. The van der Waals surface area contributed by atoms with Gasteiger partial charge in [0.1, 0.15) is 0 Å². The van der Waals surface area contributed by atoms with Crippen molar-refractivity contribution in [1.29, 1.82) is 0 Å². The van der Waals surface area contributed by atoms with E-state index in [2.05, 4.69) is 22.5 Å². The Bertz CT molecular complexity index is 353. The van der Waals surface area contributed by atoms with Gasteiger partial charge >= 0.3 is 6.03 Å². The van der Waals surface area contributed by atoms with Crippen molar-refractivity contribution < 1.29 is 9.59 Å². The first-order chi connectivity index (χ1) is 9.56. The zero-order chi connectivity index (χ0) is 14.5. The predicted octanol–water partition coefficient (Wildman–Crippen LogP) is 1.88. The molecular formula is C15H27N3O2. The summed E-state index contributed by atoms with van der Waals surface area (Å²) in [7, 11) is 0. The number of likely N-dealkylation sites (tertiary alicyclic amines) is 1. The third kappa shape index (κ3) is 4.20. The van der Waals surface area contributed by atoms with Crippen LogP contribution < -0.4 is 10.6 Å². The van der Waals surface area contributed by atoms with Crippen molar-refractivity contribution in [2.75, 3.05) is 13.1 Å². The van der Waals surface area contributed by atoms with Gasteiger partial charge in [-0.05, 0) is 45.1 Å². The van der Waals surface area contributed by atoms with Crippen molar-refractivity contribution in [3.05, 3.63) is 0 Å². The number of hydrogen-bond acceptors (Lipinski definition) is 3. The fourth-order valence-electron chi connectivity index (χ4n) is 3.25. The number of carbonyl (C=O) groups is 2. The summed E-state index contributed by atoms with van der Waals surface area (Å²) in [4.78, 5) is 26.1. The zero-order valence-corrected chi connectivity index (χ0v) is 12.7. The van der Waals surface area contributed by atoms with Crippen LogP contribution in [0.2, 0.25) is 0 Å². The van der Waals surface area contributed by atoms with Crippen LogP contribution in [0.15, 0.2) is 0 Å². The third-order valence-corrected chi connectivity index (χ3v) is 4.54. The van der Waals surface area contributed by atoms with Gasteiger partial charge in [0.2, 0.25) is 5.91 Å². The van der Waals surface area contributed by atoms with E-state index in [4.69, 9.17) is 0 Å². The Labute approximate surface area is 121 Å². The van der Waals surface area contributed by atoms with Crippen LogP contribution in [0, 0.1) is 5.92 Å². The van der Waals surface area contributed by atoms with Crippen molar-refractivity contribution in [1.82, 2.24) is 15.5 Å². The number of piperidine rings is 1. The van der Waals surface area contributed by atoms with Crippen molar-refractivity contribution in [3.63, 3.8) is 0 Å². The second-order valence-electron chi connectivity index (χ2n) is 6.36. The van der Waals surface area contributed by atoms with Crippen molar-refractivity contribution in [2.45, 2.75) is 64.5 Å². The van der Waals surface area contributed by atoms with Gasteiger partial charge in [0, 0.05) is 12.6 Å². The number of nitrogens with one attached hydrogen (secondary N) is 2. The molecule has 0 spiro atoms. The molecule has 2 fully saturated rings. The van der Waals surface area contributed by atoms with Crippen molar-refractivity contribution >= 4 is 11.9 Å². The van der Waals surface area contributed by atoms with Crippen LogP contribution in [0.25, 0.3) is 0 Å². The molecule has 0 aromatic rings. The average molecular weight is 281 g/mol. The normalized spacial score (nSPS) is 26.2. The van der Waals surface area contributed by atoms with E-state index in [1.54, 1.807) is 0 Å². The van der Waals surface area contributed by atoms with Gasteiger partial charge in [0.05, 0.1) is 6.04 Å². The molecule has 2 rings (SSSR count). The average Bonchev–Trinajstić information content (AvgIpc) is 2.90. The van der Waals surface area contributed by atoms with Crippen LogP contribution in [0.1, 0.15) is 52.4 Å². The molecule has 1 saturated heterocycles. The van der Waals surface area contributed by atoms with Gasteiger partial charge in [0.15, 0.2) is 0 Å². The topological polar surface area (TPSA) is 61.4 Å². The molecule has 1 aliphatic heterocycles. The smallest absolute Gasteiger partial charge is 0.321 e. The Kier molecular flexibility index (Phi) is 5.40. The van der Waals surface area contributed by atoms with E-state index in [1.807, 2.05) is 6.92 Å². The van der Waals surface area contributed by atoms with Gasteiger partial charge in [-0.25, -0.2) is 4.79 Å². The number of hydrogen-bond donors (Lipinski definition) is 2. The lowest BCUT2D eigenvalue weighted by atomic mass is 9.99. The molecule has 2 aliphatic rings. The van der Waals surface area contributed by atoms with E-state index >= 15 is 0 Å². The molecule has 0 bridgehead atoms. The van der Waals surface area contributed by atoms with Gasteiger partial charge in [-0.3, -0.25) is 15.0 Å². The molecule has 5 heteroatoms. The predicted molar refractivity (Wildman–Crippen MR) is 78.4 cm³/mol. The largest absolute Gasteiger partial charge is 0.335 e.